The van der Waals surface area contributed by atoms with Crippen LogP contribution in [0.4, 0.5) is 0 Å². The van der Waals surface area contributed by atoms with E-state index in [0.29, 0.717) is 0 Å². The molecule has 2 aliphatic rings. The molecular formula is C18H34. The molecule has 0 aromatic heterocycles. The average Bonchev–Trinajstić information content (AvgIpc) is 2.37. The van der Waals surface area contributed by atoms with Gasteiger partial charge in [-0.3, -0.25) is 0 Å². The molecular weight excluding hydrogens is 216 g/mol. The van der Waals surface area contributed by atoms with Crippen LogP contribution in [0.25, 0.3) is 0 Å². The highest BCUT2D eigenvalue weighted by Gasteiger charge is 2.60. The topological polar surface area (TPSA) is 0 Å². The molecule has 0 aromatic carbocycles. The zero-order valence-electron chi connectivity index (χ0n) is 13.4. The van der Waals surface area contributed by atoms with Crippen LogP contribution in [0.2, 0.25) is 0 Å². The zero-order valence-corrected chi connectivity index (χ0v) is 13.4. The molecule has 106 valence electrons. The fourth-order valence-electron chi connectivity index (χ4n) is 5.07. The van der Waals surface area contributed by atoms with Gasteiger partial charge in [0.2, 0.25) is 0 Å². The van der Waals surface area contributed by atoms with Crippen molar-refractivity contribution in [3.63, 3.8) is 0 Å². The predicted molar refractivity (Wildman–Crippen MR) is 80.4 cm³/mol. The number of fused-ring (bicyclic) bond motifs is 1. The Morgan fingerprint density at radius 1 is 0.833 bits per heavy atom. The normalized spacial score (nSPS) is 45.7. The number of rotatable bonds is 6. The van der Waals surface area contributed by atoms with Crippen LogP contribution in [-0.4, -0.2) is 0 Å². The Kier molecular flexibility index (Phi) is 4.44. The quantitative estimate of drug-likeness (QED) is 0.573. The van der Waals surface area contributed by atoms with E-state index in [0.717, 1.165) is 47.3 Å². The molecule has 0 heteroatoms. The molecule has 2 fully saturated rings. The van der Waals surface area contributed by atoms with Crippen molar-refractivity contribution >= 4 is 0 Å². The predicted octanol–water partition coefficient (Wildman–Crippen LogP) is 5.62. The van der Waals surface area contributed by atoms with Crippen molar-refractivity contribution in [2.24, 2.45) is 47.3 Å². The van der Waals surface area contributed by atoms with Crippen molar-refractivity contribution in [3.05, 3.63) is 0 Å². The van der Waals surface area contributed by atoms with E-state index in [-0.39, 0.29) is 0 Å². The lowest BCUT2D eigenvalue weighted by Crippen LogP contribution is -2.62. The van der Waals surface area contributed by atoms with Crippen LogP contribution >= 0.6 is 0 Å². The first-order valence-electron chi connectivity index (χ1n) is 8.49. The first-order valence-corrected chi connectivity index (χ1v) is 8.49. The van der Waals surface area contributed by atoms with Gasteiger partial charge in [-0.1, -0.05) is 60.8 Å². The molecule has 0 heterocycles. The largest absolute Gasteiger partial charge is 0.0651 e. The van der Waals surface area contributed by atoms with Gasteiger partial charge in [0.15, 0.2) is 0 Å². The second-order valence-corrected chi connectivity index (χ2v) is 7.69. The summed E-state index contributed by atoms with van der Waals surface area (Å²) < 4.78 is 0. The Balaban J connectivity index is 1.69. The van der Waals surface area contributed by atoms with Gasteiger partial charge in [-0.25, -0.2) is 0 Å². The van der Waals surface area contributed by atoms with Crippen molar-refractivity contribution < 1.29 is 0 Å². The molecule has 0 aromatic rings. The molecule has 0 nitrogen and oxygen atoms in total. The van der Waals surface area contributed by atoms with Crippen LogP contribution in [0, 0.1) is 47.3 Å². The van der Waals surface area contributed by atoms with E-state index >= 15 is 0 Å². The Morgan fingerprint density at radius 3 is 2.06 bits per heavy atom. The Bertz CT molecular complexity index is 269. The highest BCUT2D eigenvalue weighted by atomic mass is 14.6. The molecule has 0 spiro atoms. The molecule has 2 aliphatic carbocycles. The van der Waals surface area contributed by atoms with Crippen LogP contribution in [0.1, 0.15) is 67.2 Å². The maximum Gasteiger partial charge on any atom is -0.0321 e. The van der Waals surface area contributed by atoms with E-state index in [1.54, 1.807) is 0 Å². The molecule has 2 saturated carbocycles. The molecule has 8 unspecified atom stereocenters. The Morgan fingerprint density at radius 2 is 1.44 bits per heavy atom. The van der Waals surface area contributed by atoms with E-state index < -0.39 is 0 Å². The molecule has 18 heavy (non-hydrogen) atoms. The third-order valence-corrected chi connectivity index (χ3v) is 7.08. The van der Waals surface area contributed by atoms with Crippen molar-refractivity contribution in [1.29, 1.82) is 0 Å². The van der Waals surface area contributed by atoms with Crippen LogP contribution in [0.3, 0.4) is 0 Å². The van der Waals surface area contributed by atoms with E-state index in [2.05, 4.69) is 41.5 Å². The molecule has 0 radical (unpaired) electrons. The van der Waals surface area contributed by atoms with Crippen molar-refractivity contribution in [3.8, 4) is 0 Å². The summed E-state index contributed by atoms with van der Waals surface area (Å²) in [5.74, 6) is 8.18. The number of hydrogen-bond acceptors (Lipinski definition) is 0. The minimum atomic E-state index is 0.916. The van der Waals surface area contributed by atoms with Crippen LogP contribution in [0.15, 0.2) is 0 Å². The summed E-state index contributed by atoms with van der Waals surface area (Å²) >= 11 is 0. The van der Waals surface area contributed by atoms with Gasteiger partial charge >= 0.3 is 0 Å². The highest BCUT2D eigenvalue weighted by Crippen LogP contribution is 2.65. The second-order valence-electron chi connectivity index (χ2n) is 7.69. The third kappa shape index (κ3) is 2.25. The first-order chi connectivity index (χ1) is 8.49. The molecule has 8 atom stereocenters. The van der Waals surface area contributed by atoms with Crippen LogP contribution < -0.4 is 0 Å². The van der Waals surface area contributed by atoms with Crippen LogP contribution in [-0.2, 0) is 0 Å². The molecule has 0 aliphatic heterocycles. The van der Waals surface area contributed by atoms with Gasteiger partial charge in [-0.2, -0.15) is 0 Å². The second kappa shape index (κ2) is 5.55. The lowest BCUT2D eigenvalue weighted by molar-refractivity contribution is -0.188. The summed E-state index contributed by atoms with van der Waals surface area (Å²) in [4.78, 5) is 0. The summed E-state index contributed by atoms with van der Waals surface area (Å²) in [6.07, 6.45) is 5.80. The fourth-order valence-corrected chi connectivity index (χ4v) is 5.07. The van der Waals surface area contributed by atoms with Crippen molar-refractivity contribution in [1.82, 2.24) is 0 Å². The minimum absolute atomic E-state index is 0.916. The lowest BCUT2D eigenvalue weighted by atomic mass is 9.38. The zero-order chi connectivity index (χ0) is 13.4. The monoisotopic (exact) mass is 250 g/mol. The maximum atomic E-state index is 2.52. The van der Waals surface area contributed by atoms with Gasteiger partial charge in [-0.15, -0.1) is 0 Å². The van der Waals surface area contributed by atoms with E-state index in [1.165, 1.54) is 25.7 Å². The lowest BCUT2D eigenvalue weighted by Gasteiger charge is -2.66. The Hall–Kier alpha value is 0. The van der Waals surface area contributed by atoms with Crippen molar-refractivity contribution in [2.45, 2.75) is 67.2 Å². The summed E-state index contributed by atoms with van der Waals surface area (Å²) in [5, 5.41) is 0. The molecule has 0 amide bonds. The minimum Gasteiger partial charge on any atom is -0.0651 e. The van der Waals surface area contributed by atoms with Gasteiger partial charge in [0.1, 0.15) is 0 Å². The molecule has 0 bridgehead atoms. The van der Waals surface area contributed by atoms with E-state index in [4.69, 9.17) is 0 Å². The van der Waals surface area contributed by atoms with Gasteiger partial charge in [0, 0.05) is 0 Å². The molecule has 0 saturated heterocycles. The standard InChI is InChI=1S/C18H34/c1-7-11(2)12(3)9-8-10-16-15(6)17-13(4)14(5)18(16)17/h11-18H,7-10H2,1-6H3. The third-order valence-electron chi connectivity index (χ3n) is 7.08. The number of hydrogen-bond donors (Lipinski definition) is 0. The summed E-state index contributed by atoms with van der Waals surface area (Å²) in [5.41, 5.74) is 0. The fraction of sp³-hybridized carbons (Fsp3) is 1.00. The smallest absolute Gasteiger partial charge is 0.0321 e. The SMILES string of the molecule is CCC(C)C(C)CCCC1C(C)C2C(C)C(C)C12. The van der Waals surface area contributed by atoms with Gasteiger partial charge in [0.05, 0.1) is 0 Å². The maximum absolute atomic E-state index is 2.52. The average molecular weight is 250 g/mol. The van der Waals surface area contributed by atoms with Gasteiger partial charge in [0.25, 0.3) is 0 Å². The Labute approximate surface area is 115 Å². The first kappa shape index (κ1) is 14.4. The summed E-state index contributed by atoms with van der Waals surface area (Å²) in [6.45, 7) is 14.7. The van der Waals surface area contributed by atoms with Crippen molar-refractivity contribution in [2.75, 3.05) is 0 Å². The molecule has 0 N–H and O–H groups in total. The highest BCUT2D eigenvalue weighted by molar-refractivity contribution is 5.07. The van der Waals surface area contributed by atoms with Gasteiger partial charge in [-0.05, 0) is 53.8 Å². The van der Waals surface area contributed by atoms with E-state index in [1.807, 2.05) is 0 Å². The van der Waals surface area contributed by atoms with Crippen LogP contribution in [0.5, 0.6) is 0 Å². The van der Waals surface area contributed by atoms with E-state index in [9.17, 15) is 0 Å². The summed E-state index contributed by atoms with van der Waals surface area (Å²) in [7, 11) is 0. The molecule has 2 rings (SSSR count). The van der Waals surface area contributed by atoms with Gasteiger partial charge < -0.3 is 0 Å². The summed E-state index contributed by atoms with van der Waals surface area (Å²) in [6, 6.07) is 0.